The van der Waals surface area contributed by atoms with Crippen LogP contribution < -0.4 is 5.73 Å². The van der Waals surface area contributed by atoms with Crippen molar-refractivity contribution < 1.29 is 0 Å². The third-order valence-electron chi connectivity index (χ3n) is 2.77. The van der Waals surface area contributed by atoms with Gasteiger partial charge in [0.15, 0.2) is 0 Å². The second-order valence-corrected chi connectivity index (χ2v) is 3.64. The van der Waals surface area contributed by atoms with E-state index in [0.717, 1.165) is 5.69 Å². The van der Waals surface area contributed by atoms with E-state index in [1.54, 1.807) is 6.20 Å². The summed E-state index contributed by atoms with van der Waals surface area (Å²) in [6.07, 6.45) is 6.09. The van der Waals surface area contributed by atoms with Crippen molar-refractivity contribution in [2.24, 2.45) is 0 Å². The molecule has 2 heterocycles. The van der Waals surface area contributed by atoms with Crippen molar-refractivity contribution in [1.29, 1.82) is 0 Å². The summed E-state index contributed by atoms with van der Waals surface area (Å²) < 4.78 is 0. The topological polar surface area (TPSA) is 42.2 Å². The summed E-state index contributed by atoms with van der Waals surface area (Å²) in [6, 6.07) is 2.36. The van der Waals surface area contributed by atoms with Crippen LogP contribution in [0.4, 0.5) is 5.69 Å². The average molecular weight is 177 g/mol. The van der Waals surface area contributed by atoms with Crippen LogP contribution in [0.15, 0.2) is 18.5 Å². The molecule has 0 saturated carbocycles. The fraction of sp³-hybridized carbons (Fsp3) is 0.500. The fourth-order valence-corrected chi connectivity index (χ4v) is 2.00. The first-order chi connectivity index (χ1) is 6.29. The first-order valence-corrected chi connectivity index (χ1v) is 4.68. The number of likely N-dealkylation sites (tertiary alicyclic amines) is 1. The molecule has 1 aromatic heterocycles. The van der Waals surface area contributed by atoms with E-state index in [9.17, 15) is 0 Å². The van der Waals surface area contributed by atoms with E-state index in [2.05, 4.69) is 16.9 Å². The van der Waals surface area contributed by atoms with Crippen molar-refractivity contribution in [3.8, 4) is 0 Å². The summed E-state index contributed by atoms with van der Waals surface area (Å²) in [6.45, 7) is 1.17. The number of nitrogen functional groups attached to an aromatic ring is 1. The average Bonchev–Trinajstić information content (AvgIpc) is 2.52. The Balaban J connectivity index is 2.29. The van der Waals surface area contributed by atoms with Crippen LogP contribution in [0.25, 0.3) is 0 Å². The molecule has 1 aromatic rings. The molecule has 3 heteroatoms. The fourth-order valence-electron chi connectivity index (χ4n) is 2.00. The van der Waals surface area contributed by atoms with Gasteiger partial charge in [-0.25, -0.2) is 0 Å². The Hall–Kier alpha value is -1.09. The minimum absolute atomic E-state index is 0.480. The number of pyridine rings is 1. The first kappa shape index (κ1) is 8.51. The summed E-state index contributed by atoms with van der Waals surface area (Å²) in [5.41, 5.74) is 7.95. The Bertz CT molecular complexity index is 298. The van der Waals surface area contributed by atoms with Crippen molar-refractivity contribution in [3.63, 3.8) is 0 Å². The van der Waals surface area contributed by atoms with Gasteiger partial charge in [-0.1, -0.05) is 0 Å². The Morgan fingerprint density at radius 2 is 2.46 bits per heavy atom. The SMILES string of the molecule is CN1CCC[C@H]1c1cnccc1N. The number of nitrogens with zero attached hydrogens (tertiary/aromatic N) is 2. The molecule has 3 nitrogen and oxygen atoms in total. The number of aromatic nitrogens is 1. The second-order valence-electron chi connectivity index (χ2n) is 3.64. The van der Waals surface area contributed by atoms with Crippen molar-refractivity contribution in [2.45, 2.75) is 18.9 Å². The second kappa shape index (κ2) is 3.34. The van der Waals surface area contributed by atoms with Crippen LogP contribution in [-0.2, 0) is 0 Å². The maximum absolute atomic E-state index is 5.90. The molecule has 1 aliphatic rings. The van der Waals surface area contributed by atoms with Gasteiger partial charge in [0.1, 0.15) is 0 Å². The molecule has 70 valence electrons. The molecule has 2 rings (SSSR count). The lowest BCUT2D eigenvalue weighted by atomic mass is 10.1. The van der Waals surface area contributed by atoms with Crippen molar-refractivity contribution in [2.75, 3.05) is 19.3 Å². The van der Waals surface area contributed by atoms with E-state index >= 15 is 0 Å². The first-order valence-electron chi connectivity index (χ1n) is 4.68. The maximum Gasteiger partial charge on any atom is 0.0393 e. The highest BCUT2D eigenvalue weighted by atomic mass is 15.1. The Labute approximate surface area is 78.6 Å². The van der Waals surface area contributed by atoms with Gasteiger partial charge in [0, 0.05) is 29.7 Å². The molecule has 0 bridgehead atoms. The normalized spacial score (nSPS) is 23.6. The molecule has 1 fully saturated rings. The standard InChI is InChI=1S/C10H15N3/c1-13-6-2-3-10(13)8-7-12-5-4-9(8)11/h4-5,7,10H,2-3,6H2,1H3,(H2,11,12)/t10-/m0/s1. The van der Waals surface area contributed by atoms with E-state index in [1.807, 2.05) is 12.3 Å². The minimum atomic E-state index is 0.480. The lowest BCUT2D eigenvalue weighted by Crippen LogP contribution is -2.18. The van der Waals surface area contributed by atoms with Gasteiger partial charge in [0.2, 0.25) is 0 Å². The summed E-state index contributed by atoms with van der Waals surface area (Å²) in [5.74, 6) is 0. The van der Waals surface area contributed by atoms with E-state index in [1.165, 1.54) is 24.9 Å². The van der Waals surface area contributed by atoms with Gasteiger partial charge in [-0.2, -0.15) is 0 Å². The Morgan fingerprint density at radius 3 is 3.08 bits per heavy atom. The zero-order chi connectivity index (χ0) is 9.26. The van der Waals surface area contributed by atoms with Gasteiger partial charge in [-0.3, -0.25) is 9.88 Å². The predicted octanol–water partition coefficient (Wildman–Crippen LogP) is 1.43. The van der Waals surface area contributed by atoms with Crippen molar-refractivity contribution in [3.05, 3.63) is 24.0 Å². The lowest BCUT2D eigenvalue weighted by Gasteiger charge is -2.20. The largest absolute Gasteiger partial charge is 0.398 e. The van der Waals surface area contributed by atoms with Crippen LogP contribution in [0.1, 0.15) is 24.4 Å². The van der Waals surface area contributed by atoms with Crippen LogP contribution in [-0.4, -0.2) is 23.5 Å². The maximum atomic E-state index is 5.90. The molecule has 0 aliphatic carbocycles. The monoisotopic (exact) mass is 177 g/mol. The molecule has 0 unspecified atom stereocenters. The minimum Gasteiger partial charge on any atom is -0.398 e. The third-order valence-corrected chi connectivity index (χ3v) is 2.77. The molecule has 13 heavy (non-hydrogen) atoms. The third kappa shape index (κ3) is 1.52. The van der Waals surface area contributed by atoms with Crippen LogP contribution in [0.2, 0.25) is 0 Å². The lowest BCUT2D eigenvalue weighted by molar-refractivity contribution is 0.317. The molecule has 0 radical (unpaired) electrons. The zero-order valence-corrected chi connectivity index (χ0v) is 7.90. The van der Waals surface area contributed by atoms with Crippen molar-refractivity contribution in [1.82, 2.24) is 9.88 Å². The molecule has 1 atom stereocenters. The molecule has 1 aliphatic heterocycles. The summed E-state index contributed by atoms with van der Waals surface area (Å²) in [5, 5.41) is 0. The summed E-state index contributed by atoms with van der Waals surface area (Å²) >= 11 is 0. The van der Waals surface area contributed by atoms with Gasteiger partial charge >= 0.3 is 0 Å². The number of nitrogens with two attached hydrogens (primary N) is 1. The van der Waals surface area contributed by atoms with Crippen LogP contribution >= 0.6 is 0 Å². The number of anilines is 1. The molecule has 1 saturated heterocycles. The molecule has 2 N–H and O–H groups in total. The number of hydrogen-bond acceptors (Lipinski definition) is 3. The Kier molecular flexibility index (Phi) is 2.19. The van der Waals surface area contributed by atoms with Crippen LogP contribution in [0, 0.1) is 0 Å². The van der Waals surface area contributed by atoms with Gasteiger partial charge < -0.3 is 5.73 Å². The number of rotatable bonds is 1. The Morgan fingerprint density at radius 1 is 1.62 bits per heavy atom. The summed E-state index contributed by atoms with van der Waals surface area (Å²) in [4.78, 5) is 6.46. The molecular weight excluding hydrogens is 162 g/mol. The molecule has 0 aromatic carbocycles. The van der Waals surface area contributed by atoms with Crippen molar-refractivity contribution >= 4 is 5.69 Å². The van der Waals surface area contributed by atoms with E-state index in [-0.39, 0.29) is 0 Å². The summed E-state index contributed by atoms with van der Waals surface area (Å²) in [7, 11) is 2.14. The number of hydrogen-bond donors (Lipinski definition) is 1. The quantitative estimate of drug-likeness (QED) is 0.705. The highest BCUT2D eigenvalue weighted by Crippen LogP contribution is 2.32. The van der Waals surface area contributed by atoms with Gasteiger partial charge in [0.05, 0.1) is 0 Å². The molecule has 0 spiro atoms. The van der Waals surface area contributed by atoms with E-state index in [4.69, 9.17) is 5.73 Å². The zero-order valence-electron chi connectivity index (χ0n) is 7.90. The van der Waals surface area contributed by atoms with Crippen LogP contribution in [0.3, 0.4) is 0 Å². The molecular formula is C10H15N3. The van der Waals surface area contributed by atoms with E-state index < -0.39 is 0 Å². The van der Waals surface area contributed by atoms with E-state index in [0.29, 0.717) is 6.04 Å². The highest BCUT2D eigenvalue weighted by molar-refractivity contribution is 5.46. The smallest absolute Gasteiger partial charge is 0.0393 e. The van der Waals surface area contributed by atoms with Crippen LogP contribution in [0.5, 0.6) is 0 Å². The van der Waals surface area contributed by atoms with Gasteiger partial charge in [-0.15, -0.1) is 0 Å². The van der Waals surface area contributed by atoms with Gasteiger partial charge in [0.25, 0.3) is 0 Å². The van der Waals surface area contributed by atoms with Gasteiger partial charge in [-0.05, 0) is 32.5 Å². The highest BCUT2D eigenvalue weighted by Gasteiger charge is 2.23. The predicted molar refractivity (Wildman–Crippen MR) is 53.3 cm³/mol. The molecule has 0 amide bonds.